The van der Waals surface area contributed by atoms with E-state index in [2.05, 4.69) is 25.4 Å². The number of carboxylic acid groups (broad SMARTS) is 2. The van der Waals surface area contributed by atoms with E-state index in [1.54, 1.807) is 14.2 Å². The predicted octanol–water partition coefficient (Wildman–Crippen LogP) is 3.02. The monoisotopic (exact) mass is 558 g/mol. The van der Waals surface area contributed by atoms with Gasteiger partial charge in [0.05, 0.1) is 20.8 Å². The molecule has 3 rings (SSSR count). The van der Waals surface area contributed by atoms with Gasteiger partial charge in [-0.3, -0.25) is 9.80 Å². The van der Waals surface area contributed by atoms with Crippen molar-refractivity contribution in [3.63, 3.8) is 0 Å². The van der Waals surface area contributed by atoms with E-state index in [1.807, 2.05) is 31.6 Å². The van der Waals surface area contributed by atoms with Gasteiger partial charge < -0.3 is 24.3 Å². The SMILES string of the molecule is COc1cccc(CN2CCN(Cc3nccn3C)CC2)c1OC.O=C(O)C(F)(F)F.O=C(O)C(F)(F)F. The molecule has 0 bridgehead atoms. The molecule has 0 radical (unpaired) electrons. The molecule has 38 heavy (non-hydrogen) atoms. The molecule has 1 aliphatic heterocycles. The van der Waals surface area contributed by atoms with E-state index in [0.717, 1.165) is 56.6 Å². The lowest BCUT2D eigenvalue weighted by Gasteiger charge is -2.34. The zero-order chi connectivity index (χ0) is 29.1. The Balaban J connectivity index is 0.000000426. The number of aryl methyl sites for hydroxylation is 1. The maximum atomic E-state index is 10.6. The number of ether oxygens (including phenoxy) is 2. The van der Waals surface area contributed by atoms with Gasteiger partial charge in [-0.05, 0) is 6.07 Å². The van der Waals surface area contributed by atoms with Gasteiger partial charge in [0.2, 0.25) is 0 Å². The van der Waals surface area contributed by atoms with Gasteiger partial charge in [0.15, 0.2) is 11.5 Å². The van der Waals surface area contributed by atoms with Gasteiger partial charge in [0.25, 0.3) is 0 Å². The Morgan fingerprint density at radius 3 is 1.74 bits per heavy atom. The summed E-state index contributed by atoms with van der Waals surface area (Å²) in [4.78, 5) is 27.1. The Labute approximate surface area is 214 Å². The number of alkyl halides is 6. The first-order valence-corrected chi connectivity index (χ1v) is 10.8. The number of carboxylic acids is 2. The number of methoxy groups -OCH3 is 2. The van der Waals surface area contributed by atoms with Crippen molar-refractivity contribution in [2.45, 2.75) is 25.4 Å². The van der Waals surface area contributed by atoms with Crippen molar-refractivity contribution >= 4 is 11.9 Å². The first kappa shape index (κ1) is 32.5. The maximum Gasteiger partial charge on any atom is 0.490 e. The molecular weight excluding hydrogens is 530 g/mol. The molecule has 1 aromatic carbocycles. The number of carbonyl (C=O) groups is 2. The highest BCUT2D eigenvalue weighted by Gasteiger charge is 2.38. The van der Waals surface area contributed by atoms with Crippen LogP contribution in [0.3, 0.4) is 0 Å². The Bertz CT molecular complexity index is 1010. The van der Waals surface area contributed by atoms with Crippen molar-refractivity contribution in [3.8, 4) is 11.5 Å². The van der Waals surface area contributed by atoms with Gasteiger partial charge in [0.1, 0.15) is 5.82 Å². The summed E-state index contributed by atoms with van der Waals surface area (Å²) in [7, 11) is 5.43. The van der Waals surface area contributed by atoms with Gasteiger partial charge in [-0.1, -0.05) is 12.1 Å². The number of aromatic nitrogens is 2. The second-order valence-corrected chi connectivity index (χ2v) is 7.77. The second kappa shape index (κ2) is 14.4. The number of hydrogen-bond acceptors (Lipinski definition) is 7. The summed E-state index contributed by atoms with van der Waals surface area (Å²) in [6.07, 6.45) is -6.30. The van der Waals surface area contributed by atoms with Crippen molar-refractivity contribution < 1.29 is 55.6 Å². The normalized spacial score (nSPS) is 14.4. The summed E-state index contributed by atoms with van der Waals surface area (Å²) in [6.45, 7) is 6.00. The van der Waals surface area contributed by atoms with E-state index in [0.29, 0.717) is 0 Å². The fraction of sp³-hybridized carbons (Fsp3) is 0.500. The predicted molar refractivity (Wildman–Crippen MR) is 121 cm³/mol. The van der Waals surface area contributed by atoms with Crippen molar-refractivity contribution in [1.29, 1.82) is 0 Å². The van der Waals surface area contributed by atoms with Crippen molar-refractivity contribution in [2.24, 2.45) is 7.05 Å². The fourth-order valence-corrected chi connectivity index (χ4v) is 3.17. The van der Waals surface area contributed by atoms with Crippen LogP contribution in [0.2, 0.25) is 0 Å². The average Bonchev–Trinajstić information content (AvgIpc) is 3.23. The van der Waals surface area contributed by atoms with Crippen LogP contribution >= 0.6 is 0 Å². The third-order valence-electron chi connectivity index (χ3n) is 5.11. The van der Waals surface area contributed by atoms with Gasteiger partial charge in [-0.2, -0.15) is 26.3 Å². The zero-order valence-electron chi connectivity index (χ0n) is 20.7. The number of hydrogen-bond donors (Lipinski definition) is 2. The van der Waals surface area contributed by atoms with E-state index in [9.17, 15) is 26.3 Å². The number of nitrogens with zero attached hydrogens (tertiary/aromatic N) is 4. The number of imidazole rings is 1. The van der Waals surface area contributed by atoms with Gasteiger partial charge in [0, 0.05) is 57.7 Å². The van der Waals surface area contributed by atoms with Crippen molar-refractivity contribution in [3.05, 3.63) is 42.0 Å². The highest BCUT2D eigenvalue weighted by Crippen LogP contribution is 2.31. The highest BCUT2D eigenvalue weighted by molar-refractivity contribution is 5.73. The van der Waals surface area contributed by atoms with Crippen LogP contribution < -0.4 is 9.47 Å². The smallest absolute Gasteiger partial charge is 0.490 e. The number of piperazine rings is 1. The number of benzene rings is 1. The molecule has 1 aromatic heterocycles. The lowest BCUT2D eigenvalue weighted by atomic mass is 10.1. The quantitative estimate of drug-likeness (QED) is 0.516. The van der Waals surface area contributed by atoms with E-state index in [1.165, 1.54) is 5.56 Å². The number of para-hydroxylation sites is 1. The standard InChI is InChI=1S/C18H26N4O2.2C2HF3O2/c1-20-8-7-19-17(20)14-22-11-9-21(10-12-22)13-15-5-4-6-16(23-2)18(15)24-3;2*3-2(4,5)1(6)7/h4-8H,9-14H2,1-3H3;2*(H,6,7). The van der Waals surface area contributed by atoms with E-state index >= 15 is 0 Å². The molecule has 214 valence electrons. The van der Waals surface area contributed by atoms with E-state index in [4.69, 9.17) is 29.3 Å². The third-order valence-corrected chi connectivity index (χ3v) is 5.11. The van der Waals surface area contributed by atoms with Crippen LogP contribution in [0, 0.1) is 0 Å². The third kappa shape index (κ3) is 10.8. The Morgan fingerprint density at radius 2 is 1.37 bits per heavy atom. The minimum absolute atomic E-state index is 0.795. The van der Waals surface area contributed by atoms with Crippen LogP contribution in [0.15, 0.2) is 30.6 Å². The largest absolute Gasteiger partial charge is 0.493 e. The second-order valence-electron chi connectivity index (χ2n) is 7.77. The number of rotatable bonds is 6. The minimum Gasteiger partial charge on any atom is -0.493 e. The summed E-state index contributed by atoms with van der Waals surface area (Å²) in [5, 5.41) is 14.2. The Morgan fingerprint density at radius 1 is 0.895 bits per heavy atom. The summed E-state index contributed by atoms with van der Waals surface area (Å²) in [5.41, 5.74) is 1.18. The molecule has 16 heteroatoms. The molecule has 10 nitrogen and oxygen atoms in total. The summed E-state index contributed by atoms with van der Waals surface area (Å²) in [6, 6.07) is 6.07. The van der Waals surface area contributed by atoms with Crippen molar-refractivity contribution in [1.82, 2.24) is 19.4 Å². The van der Waals surface area contributed by atoms with Crippen LogP contribution in [0.5, 0.6) is 11.5 Å². The van der Waals surface area contributed by atoms with Crippen LogP contribution in [0.1, 0.15) is 11.4 Å². The molecule has 2 heterocycles. The Hall–Kier alpha value is -3.53. The van der Waals surface area contributed by atoms with Gasteiger partial charge >= 0.3 is 24.3 Å². The molecule has 0 aliphatic carbocycles. The van der Waals surface area contributed by atoms with Crippen LogP contribution in [0.25, 0.3) is 0 Å². The molecule has 2 N–H and O–H groups in total. The molecule has 1 aliphatic rings. The molecule has 0 saturated carbocycles. The lowest BCUT2D eigenvalue weighted by molar-refractivity contribution is -0.193. The van der Waals surface area contributed by atoms with Gasteiger partial charge in [-0.25, -0.2) is 14.6 Å². The van der Waals surface area contributed by atoms with Crippen LogP contribution in [-0.4, -0.2) is 94.3 Å². The topological polar surface area (TPSA) is 117 Å². The summed E-state index contributed by atoms with van der Waals surface area (Å²) < 4.78 is 76.5. The highest BCUT2D eigenvalue weighted by atomic mass is 19.4. The van der Waals surface area contributed by atoms with E-state index < -0.39 is 24.3 Å². The number of halogens is 6. The molecule has 0 atom stereocenters. The van der Waals surface area contributed by atoms with Crippen LogP contribution in [-0.2, 0) is 29.7 Å². The molecule has 0 spiro atoms. The maximum absolute atomic E-state index is 10.6. The fourth-order valence-electron chi connectivity index (χ4n) is 3.17. The van der Waals surface area contributed by atoms with Gasteiger partial charge in [-0.15, -0.1) is 0 Å². The molecule has 1 saturated heterocycles. The molecule has 0 amide bonds. The van der Waals surface area contributed by atoms with Crippen LogP contribution in [0.4, 0.5) is 26.3 Å². The number of aliphatic carboxylic acids is 2. The Kier molecular flexibility index (Phi) is 12.3. The molecule has 2 aromatic rings. The molecule has 1 fully saturated rings. The van der Waals surface area contributed by atoms with Crippen molar-refractivity contribution in [2.75, 3.05) is 40.4 Å². The molecule has 0 unspecified atom stereocenters. The first-order valence-electron chi connectivity index (χ1n) is 10.8. The first-order chi connectivity index (χ1) is 17.6. The average molecular weight is 558 g/mol. The van der Waals surface area contributed by atoms with E-state index in [-0.39, 0.29) is 0 Å². The molecular formula is C22H28F6N4O6. The summed E-state index contributed by atoms with van der Waals surface area (Å²) >= 11 is 0. The lowest BCUT2D eigenvalue weighted by Crippen LogP contribution is -2.45. The minimum atomic E-state index is -5.08. The summed E-state index contributed by atoms with van der Waals surface area (Å²) in [5.74, 6) is -2.75. The zero-order valence-corrected chi connectivity index (χ0v) is 20.7.